The monoisotopic (exact) mass is 740 g/mol. The van der Waals surface area contributed by atoms with Crippen LogP contribution in [-0.4, -0.2) is 67.4 Å². The van der Waals surface area contributed by atoms with Gasteiger partial charge in [0, 0.05) is 31.4 Å². The molecule has 4 heterocycles. The Morgan fingerprint density at radius 1 is 0.836 bits per heavy atom. The second-order valence-electron chi connectivity index (χ2n) is 15.5. The number of nitrogens with zero attached hydrogens (tertiary/aromatic N) is 4. The Hall–Kier alpha value is -5.78. The zero-order valence-electron chi connectivity index (χ0n) is 31.5. The van der Waals surface area contributed by atoms with Crippen LogP contribution >= 0.6 is 0 Å². The largest absolute Gasteiger partial charge is 0.453 e. The molecule has 2 saturated carbocycles. The van der Waals surface area contributed by atoms with Gasteiger partial charge in [-0.3, -0.25) is 14.6 Å². The summed E-state index contributed by atoms with van der Waals surface area (Å²) in [6, 6.07) is 19.8. The summed E-state index contributed by atoms with van der Waals surface area (Å²) in [5, 5.41) is 5.88. The molecule has 3 aromatic heterocycles. The number of ether oxygens (including phenoxy) is 1. The molecule has 2 bridgehead atoms. The molecule has 2 aliphatic carbocycles. The van der Waals surface area contributed by atoms with Crippen LogP contribution < -0.4 is 10.6 Å². The number of pyridine rings is 1. The number of hydrogen-bond acceptors (Lipinski definition) is 7. The molecule has 1 aliphatic heterocycles. The van der Waals surface area contributed by atoms with E-state index in [4.69, 9.17) is 9.72 Å². The second kappa shape index (κ2) is 15.5. The van der Waals surface area contributed by atoms with Crippen LogP contribution in [0.5, 0.6) is 0 Å². The maximum Gasteiger partial charge on any atom is 0.407 e. The molecule has 3 fully saturated rings. The molecule has 284 valence electrons. The van der Waals surface area contributed by atoms with E-state index in [1.165, 1.54) is 7.11 Å². The van der Waals surface area contributed by atoms with Crippen molar-refractivity contribution in [3.63, 3.8) is 0 Å². The van der Waals surface area contributed by atoms with E-state index in [-0.39, 0.29) is 35.6 Å². The van der Waals surface area contributed by atoms with Gasteiger partial charge in [-0.15, -0.1) is 0 Å². The first-order valence-corrected chi connectivity index (χ1v) is 19.4. The first-order chi connectivity index (χ1) is 26.8. The maximum atomic E-state index is 13.5. The molecule has 3 amide bonds. The van der Waals surface area contributed by atoms with Crippen LogP contribution in [0.4, 0.5) is 4.79 Å². The molecule has 6 atom stereocenters. The van der Waals surface area contributed by atoms with Gasteiger partial charge in [-0.1, -0.05) is 68.4 Å². The van der Waals surface area contributed by atoms with Crippen LogP contribution in [0.25, 0.3) is 33.6 Å². The van der Waals surface area contributed by atoms with Crippen LogP contribution in [-0.2, 0) is 20.9 Å². The number of aromatic nitrogens is 5. The molecule has 12 heteroatoms. The number of benzene rings is 2. The molecule has 3 aliphatic rings. The highest BCUT2D eigenvalue weighted by Crippen LogP contribution is 2.56. The van der Waals surface area contributed by atoms with Crippen molar-refractivity contribution in [2.24, 2.45) is 23.7 Å². The highest BCUT2D eigenvalue weighted by atomic mass is 16.5. The van der Waals surface area contributed by atoms with E-state index >= 15 is 0 Å². The van der Waals surface area contributed by atoms with E-state index in [0.29, 0.717) is 24.9 Å². The van der Waals surface area contributed by atoms with Gasteiger partial charge in [0.1, 0.15) is 17.7 Å². The van der Waals surface area contributed by atoms with Crippen molar-refractivity contribution >= 4 is 17.9 Å². The number of aromatic amines is 2. The Morgan fingerprint density at radius 2 is 1.47 bits per heavy atom. The normalized spacial score (nSPS) is 22.2. The number of carbonyl (C=O) groups is 3. The topological polar surface area (TPSA) is 158 Å². The Labute approximate surface area is 320 Å². The molecule has 4 unspecified atom stereocenters. The lowest BCUT2D eigenvalue weighted by Crippen LogP contribution is -2.51. The minimum absolute atomic E-state index is 0.0750. The number of hydrogen-bond donors (Lipinski definition) is 4. The number of nitrogens with one attached hydrogen (secondary N) is 4. The van der Waals surface area contributed by atoms with Gasteiger partial charge in [0.05, 0.1) is 42.9 Å². The van der Waals surface area contributed by atoms with Crippen LogP contribution in [0.2, 0.25) is 0 Å². The second-order valence-corrected chi connectivity index (χ2v) is 15.5. The molecule has 4 N–H and O–H groups in total. The van der Waals surface area contributed by atoms with Crippen LogP contribution in [0, 0.1) is 23.7 Å². The fraction of sp³-hybridized carbons (Fsp3) is 0.395. The zero-order valence-corrected chi connectivity index (χ0v) is 31.5. The summed E-state index contributed by atoms with van der Waals surface area (Å²) < 4.78 is 4.76. The van der Waals surface area contributed by atoms with Gasteiger partial charge in [0.2, 0.25) is 11.8 Å². The third-order valence-electron chi connectivity index (χ3n) is 11.9. The molecule has 55 heavy (non-hydrogen) atoms. The minimum Gasteiger partial charge on any atom is -0.453 e. The Kier molecular flexibility index (Phi) is 10.2. The summed E-state index contributed by atoms with van der Waals surface area (Å²) >= 11 is 0. The first kappa shape index (κ1) is 36.2. The summed E-state index contributed by atoms with van der Waals surface area (Å²) in [7, 11) is 1.30. The molecule has 2 aromatic carbocycles. The summed E-state index contributed by atoms with van der Waals surface area (Å²) in [6.45, 7) is 4.91. The Morgan fingerprint density at radius 3 is 2.11 bits per heavy atom. The lowest BCUT2D eigenvalue weighted by atomic mass is 9.78. The van der Waals surface area contributed by atoms with E-state index in [0.717, 1.165) is 83.0 Å². The number of H-pyrrole nitrogens is 2. The van der Waals surface area contributed by atoms with Gasteiger partial charge in [-0.25, -0.2) is 14.8 Å². The van der Waals surface area contributed by atoms with Crippen molar-refractivity contribution in [2.75, 3.05) is 13.7 Å². The minimum atomic E-state index is -0.676. The average molecular weight is 741 g/mol. The molecule has 0 radical (unpaired) electrons. The fourth-order valence-electron chi connectivity index (χ4n) is 9.05. The third-order valence-corrected chi connectivity index (χ3v) is 11.9. The van der Waals surface area contributed by atoms with Crippen molar-refractivity contribution in [2.45, 2.75) is 70.5 Å². The number of alkyl carbamates (subject to hydrolysis) is 1. The van der Waals surface area contributed by atoms with Crippen molar-refractivity contribution in [1.29, 1.82) is 0 Å². The number of imidazole rings is 2. The summed E-state index contributed by atoms with van der Waals surface area (Å²) in [4.78, 5) is 61.6. The first-order valence-electron chi connectivity index (χ1n) is 19.4. The predicted molar refractivity (Wildman–Crippen MR) is 208 cm³/mol. The summed E-state index contributed by atoms with van der Waals surface area (Å²) in [6.07, 6.45) is 11.6. The van der Waals surface area contributed by atoms with E-state index in [1.807, 2.05) is 43.3 Å². The van der Waals surface area contributed by atoms with Gasteiger partial charge >= 0.3 is 6.09 Å². The van der Waals surface area contributed by atoms with Crippen LogP contribution in [0.1, 0.15) is 75.1 Å². The number of likely N-dealkylation sites (tertiary alicyclic amines) is 1. The van der Waals surface area contributed by atoms with Crippen LogP contribution in [0.3, 0.4) is 0 Å². The van der Waals surface area contributed by atoms with Crippen LogP contribution in [0.15, 0.2) is 85.5 Å². The number of amides is 3. The average Bonchev–Trinajstić information content (AvgIpc) is 4.07. The van der Waals surface area contributed by atoms with Gasteiger partial charge < -0.3 is 30.2 Å². The maximum absolute atomic E-state index is 13.5. The van der Waals surface area contributed by atoms with E-state index in [9.17, 15) is 14.4 Å². The lowest BCUT2D eigenvalue weighted by Gasteiger charge is -2.30. The van der Waals surface area contributed by atoms with Crippen molar-refractivity contribution in [3.8, 4) is 33.6 Å². The van der Waals surface area contributed by atoms with E-state index in [1.54, 1.807) is 12.4 Å². The third kappa shape index (κ3) is 7.37. The Bertz CT molecular complexity index is 2130. The van der Waals surface area contributed by atoms with Gasteiger partial charge in [-0.05, 0) is 83.7 Å². The molecule has 5 aromatic rings. The van der Waals surface area contributed by atoms with Gasteiger partial charge in [0.15, 0.2) is 0 Å². The van der Waals surface area contributed by atoms with Crippen molar-refractivity contribution < 1.29 is 19.1 Å². The van der Waals surface area contributed by atoms with Crippen molar-refractivity contribution in [1.82, 2.24) is 40.5 Å². The molecule has 8 rings (SSSR count). The number of methoxy groups -OCH3 is 1. The SMILES string of the molecule is COC(=O)NC(C(=O)N1CCC[C@H]1c1ncc(-c2ccc(-c3ccc(-c4cnc([C@@H]5C6CCC(C6)C5C(=O)NCc5cccnc5)[nH]4)cc3)cc2)[nH]1)C(C)C. The van der Waals surface area contributed by atoms with Gasteiger partial charge in [-0.2, -0.15) is 0 Å². The smallest absolute Gasteiger partial charge is 0.407 e. The summed E-state index contributed by atoms with van der Waals surface area (Å²) in [5.74, 6) is 2.42. The predicted octanol–water partition coefficient (Wildman–Crippen LogP) is 7.02. The van der Waals surface area contributed by atoms with E-state index in [2.05, 4.69) is 79.1 Å². The Balaban J connectivity index is 0.918. The lowest BCUT2D eigenvalue weighted by molar-refractivity contribution is -0.135. The quantitative estimate of drug-likeness (QED) is 0.113. The van der Waals surface area contributed by atoms with E-state index < -0.39 is 12.1 Å². The molecular weight excluding hydrogens is 693 g/mol. The highest BCUT2D eigenvalue weighted by molar-refractivity contribution is 5.86. The zero-order chi connectivity index (χ0) is 38.1. The number of rotatable bonds is 11. The molecule has 0 spiro atoms. The highest BCUT2D eigenvalue weighted by Gasteiger charge is 2.52. The number of fused-ring (bicyclic) bond motifs is 2. The fourth-order valence-corrected chi connectivity index (χ4v) is 9.05. The van der Waals surface area contributed by atoms with Crippen molar-refractivity contribution in [3.05, 3.63) is 103 Å². The molecule has 1 saturated heterocycles. The standard InChI is InChI=1S/C43H48N8O4/c1-25(2)38(50-43(54)55-3)42(53)51-19-5-7-35(51)39-45-23-33(48-39)29-12-8-27(9-13-29)28-10-14-30(15-11-28)34-24-46-40(49-34)36-31-16-17-32(20-31)37(36)41(52)47-22-26-6-4-18-44-21-26/h4,6,8-15,18,21,23-25,31-32,35-38H,5,7,16-17,19-20,22H2,1-3H3,(H,45,48)(H,46,49)(H,47,52)(H,50,54)/t31?,32?,35-,36+,37?,38?/m0/s1. The summed E-state index contributed by atoms with van der Waals surface area (Å²) in [5.41, 5.74) is 7.06. The van der Waals surface area contributed by atoms with Gasteiger partial charge in [0.25, 0.3) is 0 Å². The molecular formula is C43H48N8O4. The number of carbonyl (C=O) groups excluding carboxylic acids is 3. The molecule has 12 nitrogen and oxygen atoms in total.